The number of aliphatic hydroxyl groups excluding tert-OH is 1. The van der Waals surface area contributed by atoms with E-state index < -0.39 is 0 Å². The van der Waals surface area contributed by atoms with Crippen molar-refractivity contribution in [3.63, 3.8) is 0 Å². The van der Waals surface area contributed by atoms with E-state index >= 15 is 0 Å². The van der Waals surface area contributed by atoms with Crippen LogP contribution in [0.5, 0.6) is 5.75 Å². The van der Waals surface area contributed by atoms with Gasteiger partial charge < -0.3 is 14.5 Å². The van der Waals surface area contributed by atoms with Gasteiger partial charge in [0.1, 0.15) is 5.75 Å². The molecule has 4 atom stereocenters. The first-order chi connectivity index (χ1) is 11.6. The summed E-state index contributed by atoms with van der Waals surface area (Å²) in [6, 6.07) is 6.02. The summed E-state index contributed by atoms with van der Waals surface area (Å²) in [5.41, 5.74) is 4.20. The molecule has 1 aromatic carbocycles. The number of rotatable bonds is 4. The van der Waals surface area contributed by atoms with E-state index in [0.29, 0.717) is 29.9 Å². The molecule has 0 amide bonds. The van der Waals surface area contributed by atoms with Crippen LogP contribution >= 0.6 is 12.3 Å². The van der Waals surface area contributed by atoms with Crippen molar-refractivity contribution in [2.24, 2.45) is 11.3 Å². The van der Waals surface area contributed by atoms with Crippen LogP contribution in [0.25, 0.3) is 0 Å². The Morgan fingerprint density at radius 3 is 2.92 bits per heavy atom. The van der Waals surface area contributed by atoms with Gasteiger partial charge in [-0.25, -0.2) is 0 Å². The Labute approximate surface area is 174 Å². The van der Waals surface area contributed by atoms with Gasteiger partial charge in [-0.05, 0) is 61.3 Å². The molecule has 0 aliphatic heterocycles. The van der Waals surface area contributed by atoms with Crippen molar-refractivity contribution < 1.29 is 53.5 Å². The van der Waals surface area contributed by atoms with Gasteiger partial charge in [0.25, 0.3) is 12.3 Å². The molecule has 1 aromatic rings. The zero-order valence-electron chi connectivity index (χ0n) is 14.6. The fourth-order valence-corrected chi connectivity index (χ4v) is 5.26. The molecule has 130 valence electrons. The van der Waals surface area contributed by atoms with Gasteiger partial charge in [-0.3, -0.25) is 5.04 Å². The average molecular weight is 372 g/mol. The maximum Gasteiger partial charge on any atom is 1.00 e. The minimum atomic E-state index is -0.165. The average Bonchev–Trinajstić information content (AvgIpc) is 2.90. The smallest absolute Gasteiger partial charge is 0.691 e. The molecule has 0 aromatic heterocycles. The molecule has 2 saturated carbocycles. The van der Waals surface area contributed by atoms with E-state index in [2.05, 4.69) is 28.4 Å². The predicted molar refractivity (Wildman–Crippen MR) is 87.4 cm³/mol. The molecule has 0 saturated heterocycles. The number of aliphatic hydroxyl groups is 1. The number of benzene rings is 1. The third-order valence-corrected chi connectivity index (χ3v) is 6.67. The van der Waals surface area contributed by atoms with Gasteiger partial charge in [0.05, 0.1) is 6.10 Å². The van der Waals surface area contributed by atoms with Crippen molar-refractivity contribution in [1.82, 2.24) is 0 Å². The molecule has 3 aliphatic carbocycles. The summed E-state index contributed by atoms with van der Waals surface area (Å²) in [5.74, 6) is 1.61. The summed E-state index contributed by atoms with van der Waals surface area (Å²) in [4.78, 5) is 0. The topological polar surface area (TPSA) is 71.0 Å². The minimum Gasteiger partial charge on any atom is -0.691 e. The first-order valence-corrected chi connectivity index (χ1v) is 9.11. The second-order valence-corrected chi connectivity index (χ2v) is 7.74. The molecule has 0 radical (unpaired) electrons. The molecule has 7 heteroatoms. The van der Waals surface area contributed by atoms with E-state index in [1.165, 1.54) is 16.7 Å². The maximum atomic E-state index is 10.4. The molecule has 2 fully saturated rings. The summed E-state index contributed by atoms with van der Waals surface area (Å²) in [6.07, 6.45) is 7.26. The normalized spacial score (nSPS) is 32.8. The molecule has 5 nitrogen and oxygen atoms in total. The van der Waals surface area contributed by atoms with Crippen molar-refractivity contribution >= 4 is 12.3 Å². The Hall–Kier alpha value is -0.0500. The second-order valence-electron chi connectivity index (χ2n) is 7.30. The molecule has 0 spiro atoms. The fraction of sp³-hybridized carbons (Fsp3) is 0.556. The molecular formula is C18H21NaO5S. The van der Waals surface area contributed by atoms with Gasteiger partial charge in [0, 0.05) is 11.3 Å². The third kappa shape index (κ3) is 3.44. The van der Waals surface area contributed by atoms with Gasteiger partial charge in [-0.15, -0.1) is 4.33 Å². The molecule has 2 unspecified atom stereocenters. The van der Waals surface area contributed by atoms with Gasteiger partial charge in [0.15, 0.2) is 0 Å². The summed E-state index contributed by atoms with van der Waals surface area (Å²) < 4.78 is 9.40. The van der Waals surface area contributed by atoms with Gasteiger partial charge in [-0.2, -0.15) is 0 Å². The summed E-state index contributed by atoms with van der Waals surface area (Å²) in [7, 11) is 0. The monoisotopic (exact) mass is 372 g/mol. The van der Waals surface area contributed by atoms with Crippen LogP contribution < -0.4 is 39.0 Å². The molecule has 25 heavy (non-hydrogen) atoms. The Kier molecular flexibility index (Phi) is 6.23. The van der Waals surface area contributed by atoms with Crippen molar-refractivity contribution in [2.45, 2.75) is 51.0 Å². The van der Waals surface area contributed by atoms with Crippen molar-refractivity contribution in [3.05, 3.63) is 41.0 Å². The Balaban J connectivity index is 0.00000182. The van der Waals surface area contributed by atoms with E-state index in [4.69, 9.17) is 4.18 Å². The molecule has 0 heterocycles. The number of hydrogen-bond donors (Lipinski definition) is 1. The van der Waals surface area contributed by atoms with E-state index in [9.17, 15) is 10.4 Å². The Bertz CT molecular complexity index is 667. The largest absolute Gasteiger partial charge is 1.00 e. The number of hydrogen-bond acceptors (Lipinski definition) is 6. The zero-order chi connectivity index (χ0) is 16.7. The summed E-state index contributed by atoms with van der Waals surface area (Å²) >= 11 is 0.514. The van der Waals surface area contributed by atoms with E-state index in [0.717, 1.165) is 32.1 Å². The third-order valence-electron chi connectivity index (χ3n) is 6.30. The van der Waals surface area contributed by atoms with Crippen LogP contribution in [0.3, 0.4) is 0 Å². The summed E-state index contributed by atoms with van der Waals surface area (Å²) in [6.45, 7) is 2.26. The van der Waals surface area contributed by atoms with Crippen LogP contribution in [-0.4, -0.2) is 11.2 Å². The van der Waals surface area contributed by atoms with Crippen molar-refractivity contribution in [3.8, 4) is 5.75 Å². The minimum absolute atomic E-state index is 0. The first kappa shape index (κ1) is 19.7. The molecule has 0 bridgehead atoms. The zero-order valence-corrected chi connectivity index (χ0v) is 17.4. The van der Waals surface area contributed by atoms with E-state index in [-0.39, 0.29) is 41.1 Å². The fourth-order valence-electron chi connectivity index (χ4n) is 5.03. The van der Waals surface area contributed by atoms with Gasteiger partial charge >= 0.3 is 29.6 Å². The number of fused-ring (bicyclic) bond motifs is 5. The Morgan fingerprint density at radius 2 is 2.12 bits per heavy atom. The molecule has 4 rings (SSSR count). The van der Waals surface area contributed by atoms with Crippen molar-refractivity contribution in [2.75, 3.05) is 0 Å². The first-order valence-electron chi connectivity index (χ1n) is 8.44. The Morgan fingerprint density at radius 1 is 1.28 bits per heavy atom. The van der Waals surface area contributed by atoms with Crippen LogP contribution in [0.1, 0.15) is 49.7 Å². The van der Waals surface area contributed by atoms with Gasteiger partial charge in [-0.1, -0.05) is 24.6 Å². The van der Waals surface area contributed by atoms with Crippen LogP contribution in [-0.2, 0) is 15.8 Å². The van der Waals surface area contributed by atoms with Crippen LogP contribution in [0.4, 0.5) is 0 Å². The molecular weight excluding hydrogens is 351 g/mol. The molecule has 3 aliphatic rings. The molecule has 1 N–H and O–H groups in total. The number of allylic oxidation sites excluding steroid dienone is 2. The van der Waals surface area contributed by atoms with Gasteiger partial charge in [0.2, 0.25) is 0 Å². The predicted octanol–water partition coefficient (Wildman–Crippen LogP) is -0.00680. The standard InChI is InChI=1S/C18H22O5S.Na/c1-18-9-8-14-13-5-3-12(21-24-23-22-20)10-11(13)2-4-15(14)16(18)6-7-17(18)19;/h3-5,10,14,16-17,19-20H,2,6-9H2,1H3;/q;+1/p-1/t14?,16?,17-,18-;/m0./s1. The van der Waals surface area contributed by atoms with Crippen molar-refractivity contribution in [1.29, 1.82) is 0 Å². The van der Waals surface area contributed by atoms with Crippen LogP contribution in [0.15, 0.2) is 29.8 Å². The second kappa shape index (κ2) is 7.90. The maximum absolute atomic E-state index is 10.4. The quantitative estimate of drug-likeness (QED) is 0.200. The van der Waals surface area contributed by atoms with E-state index in [1.54, 1.807) is 0 Å². The SMILES string of the molecule is C[C@]12CCC3C(=CCc4cc(OSOO[O-])ccc43)C1CC[C@@H]2O.[Na+]. The summed E-state index contributed by atoms with van der Waals surface area (Å²) in [5, 5.41) is 23.5. The van der Waals surface area contributed by atoms with E-state index in [1.807, 2.05) is 12.1 Å². The van der Waals surface area contributed by atoms with Crippen LogP contribution in [0, 0.1) is 11.3 Å². The van der Waals surface area contributed by atoms with Crippen LogP contribution in [0.2, 0.25) is 0 Å².